The van der Waals surface area contributed by atoms with E-state index >= 15 is 0 Å². The third-order valence-corrected chi connectivity index (χ3v) is 7.91. The smallest absolute Gasteiger partial charge is 0.249 e. The topological polar surface area (TPSA) is 80.1 Å². The summed E-state index contributed by atoms with van der Waals surface area (Å²) in [5, 5.41) is 12.3. The summed E-state index contributed by atoms with van der Waals surface area (Å²) >= 11 is 3.49. The highest BCUT2D eigenvalue weighted by atomic mass is 79.9. The first-order valence-electron chi connectivity index (χ1n) is 12.5. The van der Waals surface area contributed by atoms with Gasteiger partial charge in [0.2, 0.25) is 11.8 Å². The minimum Gasteiger partial charge on any atom is -0.351 e. The first-order valence-corrected chi connectivity index (χ1v) is 13.3. The SMILES string of the molecule is O=C(NC1CCCC1)C1c2c(-c3ccccc3)nnn2C(Cc2ccc(Br)cc2)C(=O)N1C1CC1. The highest BCUT2D eigenvalue weighted by molar-refractivity contribution is 9.10. The van der Waals surface area contributed by atoms with Crippen LogP contribution in [0.1, 0.15) is 61.9 Å². The number of benzene rings is 2. The van der Waals surface area contributed by atoms with Crippen molar-refractivity contribution in [3.63, 3.8) is 0 Å². The molecule has 6 rings (SSSR count). The van der Waals surface area contributed by atoms with Crippen LogP contribution in [0, 0.1) is 0 Å². The normalized spacial score (nSPS) is 22.3. The maximum Gasteiger partial charge on any atom is 0.249 e. The van der Waals surface area contributed by atoms with Gasteiger partial charge in [-0.1, -0.05) is 76.4 Å². The van der Waals surface area contributed by atoms with Gasteiger partial charge in [-0.05, 0) is 43.4 Å². The fourth-order valence-electron chi connectivity index (χ4n) is 5.48. The second kappa shape index (κ2) is 9.22. The first kappa shape index (κ1) is 22.5. The van der Waals surface area contributed by atoms with Crippen molar-refractivity contribution in [3.8, 4) is 11.3 Å². The van der Waals surface area contributed by atoms with Crippen molar-refractivity contribution in [1.82, 2.24) is 25.2 Å². The van der Waals surface area contributed by atoms with E-state index in [1.807, 2.05) is 59.5 Å². The van der Waals surface area contributed by atoms with Crippen LogP contribution in [0.2, 0.25) is 0 Å². The predicted molar refractivity (Wildman–Crippen MR) is 135 cm³/mol. The van der Waals surface area contributed by atoms with Gasteiger partial charge in [0.1, 0.15) is 11.7 Å². The number of nitrogens with one attached hydrogen (secondary N) is 1. The number of carbonyl (C=O) groups is 2. The highest BCUT2D eigenvalue weighted by Crippen LogP contribution is 2.44. The highest BCUT2D eigenvalue weighted by Gasteiger charge is 2.51. The number of nitrogens with zero attached hydrogens (tertiary/aromatic N) is 4. The molecule has 1 aromatic heterocycles. The van der Waals surface area contributed by atoms with Gasteiger partial charge in [0.25, 0.3) is 0 Å². The molecule has 2 saturated carbocycles. The number of rotatable bonds is 6. The summed E-state index contributed by atoms with van der Waals surface area (Å²) in [5.41, 5.74) is 3.34. The van der Waals surface area contributed by atoms with Crippen LogP contribution in [-0.2, 0) is 16.0 Å². The Morgan fingerprint density at radius 3 is 2.40 bits per heavy atom. The lowest BCUT2D eigenvalue weighted by Gasteiger charge is -2.39. The molecule has 2 aromatic carbocycles. The van der Waals surface area contributed by atoms with Crippen LogP contribution in [0.3, 0.4) is 0 Å². The molecule has 1 N–H and O–H groups in total. The van der Waals surface area contributed by atoms with Crippen molar-refractivity contribution >= 4 is 27.7 Å². The molecule has 2 atom stereocenters. The fraction of sp³-hybridized carbons (Fsp3) is 0.407. The van der Waals surface area contributed by atoms with Gasteiger partial charge >= 0.3 is 0 Å². The van der Waals surface area contributed by atoms with Gasteiger partial charge in [0.05, 0.1) is 5.69 Å². The first-order chi connectivity index (χ1) is 17.1. The van der Waals surface area contributed by atoms with Crippen LogP contribution in [0.15, 0.2) is 59.1 Å². The number of carbonyl (C=O) groups excluding carboxylic acids is 2. The lowest BCUT2D eigenvalue weighted by molar-refractivity contribution is -0.147. The maximum absolute atomic E-state index is 14.0. The molecule has 35 heavy (non-hydrogen) atoms. The van der Waals surface area contributed by atoms with E-state index in [1.165, 1.54) is 0 Å². The molecule has 0 spiro atoms. The van der Waals surface area contributed by atoms with Crippen LogP contribution in [0.5, 0.6) is 0 Å². The van der Waals surface area contributed by atoms with Crippen molar-refractivity contribution in [1.29, 1.82) is 0 Å². The van der Waals surface area contributed by atoms with E-state index < -0.39 is 12.1 Å². The number of hydrogen-bond acceptors (Lipinski definition) is 4. The molecular weight excluding hydrogens is 506 g/mol. The second-order valence-corrected chi connectivity index (χ2v) is 10.8. The van der Waals surface area contributed by atoms with Gasteiger partial charge in [-0.25, -0.2) is 4.68 Å². The average molecular weight is 534 g/mol. The van der Waals surface area contributed by atoms with E-state index in [0.717, 1.165) is 59.8 Å². The largest absolute Gasteiger partial charge is 0.351 e. The molecule has 2 aliphatic carbocycles. The van der Waals surface area contributed by atoms with Crippen LogP contribution >= 0.6 is 15.9 Å². The Balaban J connectivity index is 1.45. The van der Waals surface area contributed by atoms with Crippen molar-refractivity contribution in [2.24, 2.45) is 0 Å². The predicted octanol–water partition coefficient (Wildman–Crippen LogP) is 4.60. The summed E-state index contributed by atoms with van der Waals surface area (Å²) in [6, 6.07) is 16.9. The molecule has 0 radical (unpaired) electrons. The summed E-state index contributed by atoms with van der Waals surface area (Å²) in [7, 11) is 0. The summed E-state index contributed by atoms with van der Waals surface area (Å²) in [5.74, 6) is -0.154. The Morgan fingerprint density at radius 2 is 1.71 bits per heavy atom. The van der Waals surface area contributed by atoms with E-state index in [4.69, 9.17) is 0 Å². The zero-order chi connectivity index (χ0) is 23.9. The van der Waals surface area contributed by atoms with Crippen LogP contribution in [-0.4, -0.2) is 43.8 Å². The Morgan fingerprint density at radius 1 is 1.00 bits per heavy atom. The van der Waals surface area contributed by atoms with E-state index in [-0.39, 0.29) is 23.9 Å². The van der Waals surface area contributed by atoms with Gasteiger partial charge < -0.3 is 10.2 Å². The number of halogens is 1. The Hall–Kier alpha value is -3.00. The second-order valence-electron chi connectivity index (χ2n) is 9.85. The molecule has 180 valence electrons. The van der Waals surface area contributed by atoms with Crippen LogP contribution in [0.25, 0.3) is 11.3 Å². The van der Waals surface area contributed by atoms with Gasteiger partial charge in [0.15, 0.2) is 6.04 Å². The van der Waals surface area contributed by atoms with Gasteiger partial charge in [-0.3, -0.25) is 9.59 Å². The van der Waals surface area contributed by atoms with Crippen molar-refractivity contribution in [3.05, 3.63) is 70.3 Å². The van der Waals surface area contributed by atoms with Crippen molar-refractivity contribution < 1.29 is 9.59 Å². The molecule has 0 saturated heterocycles. The fourth-order valence-corrected chi connectivity index (χ4v) is 5.75. The van der Waals surface area contributed by atoms with Gasteiger partial charge in [-0.15, -0.1) is 5.10 Å². The quantitative estimate of drug-likeness (QED) is 0.502. The zero-order valence-electron chi connectivity index (χ0n) is 19.4. The molecule has 3 aliphatic rings. The number of fused-ring (bicyclic) bond motifs is 1. The monoisotopic (exact) mass is 533 g/mol. The number of aromatic nitrogens is 3. The molecule has 2 heterocycles. The molecule has 8 heteroatoms. The molecular formula is C27H28BrN5O2. The zero-order valence-corrected chi connectivity index (χ0v) is 21.0. The summed E-state index contributed by atoms with van der Waals surface area (Å²) in [6.45, 7) is 0. The average Bonchev–Trinajstić information content (AvgIpc) is 3.40. The minimum absolute atomic E-state index is 0.0426. The van der Waals surface area contributed by atoms with Gasteiger partial charge in [0, 0.05) is 28.5 Å². The van der Waals surface area contributed by atoms with E-state index in [2.05, 4.69) is 31.6 Å². The molecule has 0 bridgehead atoms. The minimum atomic E-state index is -0.720. The summed E-state index contributed by atoms with van der Waals surface area (Å²) in [6.07, 6.45) is 6.58. The Kier molecular flexibility index (Phi) is 5.92. The van der Waals surface area contributed by atoms with Crippen molar-refractivity contribution in [2.75, 3.05) is 0 Å². The van der Waals surface area contributed by atoms with Crippen LogP contribution in [0.4, 0.5) is 0 Å². The molecule has 3 aromatic rings. The molecule has 2 fully saturated rings. The van der Waals surface area contributed by atoms with Crippen molar-refractivity contribution in [2.45, 2.75) is 69.1 Å². The Labute approximate surface area is 213 Å². The van der Waals surface area contributed by atoms with E-state index in [9.17, 15) is 9.59 Å². The molecule has 2 amide bonds. The third kappa shape index (κ3) is 4.29. The maximum atomic E-state index is 14.0. The lowest BCUT2D eigenvalue weighted by atomic mass is 9.95. The van der Waals surface area contributed by atoms with E-state index in [1.54, 1.807) is 4.68 Å². The standard InChI is InChI=1S/C27H28BrN5O2/c28-19-12-10-17(11-13-19)16-22-27(35)32(21-14-15-21)25(26(34)29-20-8-4-5-9-20)24-23(30-31-33(22)24)18-6-2-1-3-7-18/h1-3,6-7,10-13,20-22,25H,4-5,8-9,14-16H2,(H,29,34). The van der Waals surface area contributed by atoms with Crippen LogP contribution < -0.4 is 5.32 Å². The third-order valence-electron chi connectivity index (χ3n) is 7.38. The summed E-state index contributed by atoms with van der Waals surface area (Å²) < 4.78 is 2.72. The summed E-state index contributed by atoms with van der Waals surface area (Å²) in [4.78, 5) is 29.6. The lowest BCUT2D eigenvalue weighted by Crippen LogP contribution is -2.53. The number of hydrogen-bond donors (Lipinski definition) is 1. The molecule has 2 unspecified atom stereocenters. The molecule has 1 aliphatic heterocycles. The van der Waals surface area contributed by atoms with E-state index in [0.29, 0.717) is 12.1 Å². The molecule has 7 nitrogen and oxygen atoms in total. The number of amides is 2. The Bertz CT molecular complexity index is 1230. The van der Waals surface area contributed by atoms with Gasteiger partial charge in [-0.2, -0.15) is 0 Å².